The van der Waals surface area contributed by atoms with Crippen molar-refractivity contribution in [2.75, 3.05) is 12.9 Å². The molecule has 2 saturated heterocycles. The molecule has 2 fully saturated rings. The second-order valence-electron chi connectivity index (χ2n) is 7.95. The number of hydrogen-bond donors (Lipinski definition) is 1. The van der Waals surface area contributed by atoms with Gasteiger partial charge < -0.3 is 9.84 Å². The van der Waals surface area contributed by atoms with Crippen LogP contribution in [0.3, 0.4) is 0 Å². The van der Waals surface area contributed by atoms with E-state index in [0.717, 1.165) is 66.4 Å². The number of thioether (sulfide) groups is 1. The normalized spacial score (nSPS) is 27.1. The van der Waals surface area contributed by atoms with Gasteiger partial charge in [0.1, 0.15) is 5.75 Å². The second kappa shape index (κ2) is 8.39. The standard InChI is InChI=1S/C22H29N3O2S/c1-3-10-28-21-23-13-16(14-24-21)15-25-18-6-7-19(25)12-22(26,11-18)17-4-8-20(27-2)9-5-17/h4-5,8-9,13-14,18-19,26H,3,6-7,10-12,15H2,1-2H3/t18-,19+,22?. The molecule has 2 aliphatic heterocycles. The van der Waals surface area contributed by atoms with Gasteiger partial charge in [-0.1, -0.05) is 30.8 Å². The molecule has 6 heteroatoms. The van der Waals surface area contributed by atoms with Gasteiger partial charge in [-0.25, -0.2) is 9.97 Å². The van der Waals surface area contributed by atoms with Crippen molar-refractivity contribution in [3.05, 3.63) is 47.8 Å². The summed E-state index contributed by atoms with van der Waals surface area (Å²) in [4.78, 5) is 11.6. The number of ether oxygens (including phenoxy) is 1. The Labute approximate surface area is 171 Å². The van der Waals surface area contributed by atoms with Crippen molar-refractivity contribution >= 4 is 11.8 Å². The van der Waals surface area contributed by atoms with Crippen LogP contribution in [0.4, 0.5) is 0 Å². The van der Waals surface area contributed by atoms with Crippen LogP contribution in [-0.4, -0.2) is 44.9 Å². The minimum atomic E-state index is -0.744. The van der Waals surface area contributed by atoms with Crippen LogP contribution < -0.4 is 4.74 Å². The fourth-order valence-electron chi connectivity index (χ4n) is 4.61. The first kappa shape index (κ1) is 19.7. The summed E-state index contributed by atoms with van der Waals surface area (Å²) in [5.74, 6) is 1.88. The molecular formula is C22H29N3O2S. The zero-order chi connectivity index (χ0) is 19.6. The molecular weight excluding hydrogens is 370 g/mol. The molecule has 1 unspecified atom stereocenters. The van der Waals surface area contributed by atoms with Crippen LogP contribution in [0.25, 0.3) is 0 Å². The SMILES string of the molecule is CCCSc1ncc(CN2[C@@H]3CC[C@H]2CC(O)(c2ccc(OC)cc2)C3)cn1. The Hall–Kier alpha value is -1.63. The van der Waals surface area contributed by atoms with Crippen molar-refractivity contribution < 1.29 is 9.84 Å². The van der Waals surface area contributed by atoms with Gasteiger partial charge in [0, 0.05) is 42.3 Å². The zero-order valence-corrected chi connectivity index (χ0v) is 17.5. The summed E-state index contributed by atoms with van der Waals surface area (Å²) in [7, 11) is 1.67. The number of nitrogens with zero attached hydrogens (tertiary/aromatic N) is 3. The van der Waals surface area contributed by atoms with Crippen LogP contribution >= 0.6 is 11.8 Å². The molecule has 5 nitrogen and oxygen atoms in total. The topological polar surface area (TPSA) is 58.5 Å². The molecule has 2 aliphatic rings. The summed E-state index contributed by atoms with van der Waals surface area (Å²) in [6, 6.07) is 8.71. The number of piperidine rings is 1. The van der Waals surface area contributed by atoms with Crippen molar-refractivity contribution in [2.24, 2.45) is 0 Å². The van der Waals surface area contributed by atoms with Gasteiger partial charge in [0.05, 0.1) is 12.7 Å². The van der Waals surface area contributed by atoms with E-state index in [-0.39, 0.29) is 0 Å². The molecule has 0 amide bonds. The zero-order valence-electron chi connectivity index (χ0n) is 16.7. The molecule has 2 bridgehead atoms. The fraction of sp³-hybridized carbons (Fsp3) is 0.545. The monoisotopic (exact) mass is 399 g/mol. The molecule has 0 radical (unpaired) electrons. The van der Waals surface area contributed by atoms with Gasteiger partial charge in [-0.05, 0) is 49.8 Å². The Kier molecular flexibility index (Phi) is 5.90. The van der Waals surface area contributed by atoms with Crippen molar-refractivity contribution in [1.29, 1.82) is 0 Å². The first-order valence-electron chi connectivity index (χ1n) is 10.2. The number of aromatic nitrogens is 2. The number of aliphatic hydroxyl groups is 1. The Morgan fingerprint density at radius 1 is 1.14 bits per heavy atom. The highest BCUT2D eigenvalue weighted by atomic mass is 32.2. The second-order valence-corrected chi connectivity index (χ2v) is 9.01. The molecule has 0 saturated carbocycles. The molecule has 0 aliphatic carbocycles. The minimum Gasteiger partial charge on any atom is -0.497 e. The van der Waals surface area contributed by atoms with Gasteiger partial charge in [0.25, 0.3) is 0 Å². The molecule has 3 heterocycles. The van der Waals surface area contributed by atoms with Gasteiger partial charge in [-0.15, -0.1) is 0 Å². The van der Waals surface area contributed by atoms with Crippen LogP contribution in [0.15, 0.2) is 41.8 Å². The first-order chi connectivity index (χ1) is 13.6. The summed E-state index contributed by atoms with van der Waals surface area (Å²) < 4.78 is 5.25. The highest BCUT2D eigenvalue weighted by molar-refractivity contribution is 7.99. The lowest BCUT2D eigenvalue weighted by Gasteiger charge is -2.44. The van der Waals surface area contributed by atoms with E-state index in [1.54, 1.807) is 18.9 Å². The molecule has 150 valence electrons. The molecule has 4 rings (SSSR count). The van der Waals surface area contributed by atoms with E-state index in [1.807, 2.05) is 36.7 Å². The lowest BCUT2D eigenvalue weighted by molar-refractivity contribution is -0.0595. The quantitative estimate of drug-likeness (QED) is 0.561. The highest BCUT2D eigenvalue weighted by Gasteiger charge is 2.48. The van der Waals surface area contributed by atoms with Gasteiger partial charge in [-0.2, -0.15) is 0 Å². The van der Waals surface area contributed by atoms with E-state index in [1.165, 1.54) is 0 Å². The average molecular weight is 400 g/mol. The van der Waals surface area contributed by atoms with Crippen LogP contribution in [0.1, 0.15) is 50.2 Å². The highest BCUT2D eigenvalue weighted by Crippen LogP contribution is 2.46. The maximum absolute atomic E-state index is 11.4. The molecule has 1 aromatic carbocycles. The summed E-state index contributed by atoms with van der Waals surface area (Å²) in [5, 5.41) is 12.3. The smallest absolute Gasteiger partial charge is 0.187 e. The van der Waals surface area contributed by atoms with E-state index in [4.69, 9.17) is 4.74 Å². The largest absolute Gasteiger partial charge is 0.497 e. The Balaban J connectivity index is 1.43. The first-order valence-corrected chi connectivity index (χ1v) is 11.2. The van der Waals surface area contributed by atoms with E-state index < -0.39 is 5.60 Å². The predicted molar refractivity (Wildman–Crippen MR) is 112 cm³/mol. The number of benzene rings is 1. The Morgan fingerprint density at radius 2 is 1.79 bits per heavy atom. The van der Waals surface area contributed by atoms with Gasteiger partial charge in [0.15, 0.2) is 5.16 Å². The van der Waals surface area contributed by atoms with E-state index in [0.29, 0.717) is 12.1 Å². The van der Waals surface area contributed by atoms with Crippen LogP contribution in [0.5, 0.6) is 5.75 Å². The lowest BCUT2D eigenvalue weighted by atomic mass is 9.80. The van der Waals surface area contributed by atoms with Gasteiger partial charge in [-0.3, -0.25) is 4.90 Å². The van der Waals surface area contributed by atoms with Crippen molar-refractivity contribution in [3.63, 3.8) is 0 Å². The summed E-state index contributed by atoms with van der Waals surface area (Å²) >= 11 is 1.71. The predicted octanol–water partition coefficient (Wildman–Crippen LogP) is 4.00. The third-order valence-corrected chi connectivity index (χ3v) is 7.11. The fourth-order valence-corrected chi connectivity index (χ4v) is 5.26. The van der Waals surface area contributed by atoms with Gasteiger partial charge >= 0.3 is 0 Å². The Bertz CT molecular complexity index is 767. The van der Waals surface area contributed by atoms with E-state index in [9.17, 15) is 5.11 Å². The third-order valence-electron chi connectivity index (χ3n) is 6.03. The molecule has 28 heavy (non-hydrogen) atoms. The lowest BCUT2D eigenvalue weighted by Crippen LogP contribution is -2.49. The van der Waals surface area contributed by atoms with E-state index >= 15 is 0 Å². The Morgan fingerprint density at radius 3 is 2.36 bits per heavy atom. The van der Waals surface area contributed by atoms with Crippen LogP contribution in [0, 0.1) is 0 Å². The third kappa shape index (κ3) is 4.04. The molecule has 1 aromatic heterocycles. The van der Waals surface area contributed by atoms with Crippen molar-refractivity contribution in [3.8, 4) is 5.75 Å². The number of methoxy groups -OCH3 is 1. The minimum absolute atomic E-state index is 0.403. The molecule has 1 N–H and O–H groups in total. The van der Waals surface area contributed by atoms with Crippen LogP contribution in [0.2, 0.25) is 0 Å². The maximum atomic E-state index is 11.4. The van der Waals surface area contributed by atoms with Crippen LogP contribution in [-0.2, 0) is 12.1 Å². The molecule has 2 aromatic rings. The molecule has 0 spiro atoms. The van der Waals surface area contributed by atoms with Crippen molar-refractivity contribution in [2.45, 2.75) is 68.4 Å². The summed E-state index contributed by atoms with van der Waals surface area (Å²) in [6.07, 6.45) is 8.92. The number of hydrogen-bond acceptors (Lipinski definition) is 6. The molecule has 3 atom stereocenters. The summed E-state index contributed by atoms with van der Waals surface area (Å²) in [5.41, 5.74) is 1.42. The maximum Gasteiger partial charge on any atom is 0.187 e. The number of fused-ring (bicyclic) bond motifs is 2. The average Bonchev–Trinajstić information content (AvgIpc) is 2.97. The number of rotatable bonds is 7. The van der Waals surface area contributed by atoms with Crippen molar-refractivity contribution in [1.82, 2.24) is 14.9 Å². The summed E-state index contributed by atoms with van der Waals surface area (Å²) in [6.45, 7) is 3.04. The van der Waals surface area contributed by atoms with E-state index in [2.05, 4.69) is 21.8 Å². The van der Waals surface area contributed by atoms with Gasteiger partial charge in [0.2, 0.25) is 0 Å².